The normalized spacial score (nSPS) is 11.4. The molecule has 0 saturated carbocycles. The van der Waals surface area contributed by atoms with Gasteiger partial charge in [-0.15, -0.1) is 11.3 Å². The molecule has 0 bridgehead atoms. The fourth-order valence-electron chi connectivity index (χ4n) is 4.76. The number of rotatable bonds is 3. The van der Waals surface area contributed by atoms with Crippen molar-refractivity contribution < 1.29 is 0 Å². The number of fused-ring (bicyclic) bond motifs is 4. The van der Waals surface area contributed by atoms with Gasteiger partial charge < -0.3 is 0 Å². The molecule has 2 aromatic heterocycles. The third-order valence-corrected chi connectivity index (χ3v) is 7.52. The molecule has 0 N–H and O–H groups in total. The average Bonchev–Trinajstić information content (AvgIpc) is 3.29. The zero-order chi connectivity index (χ0) is 23.2. The molecule has 0 amide bonds. The molecule has 2 nitrogen and oxygen atoms in total. The predicted octanol–water partition coefficient (Wildman–Crippen LogP) is 9.00. The maximum atomic E-state index is 5.17. The van der Waals surface area contributed by atoms with Gasteiger partial charge in [0.25, 0.3) is 0 Å². The minimum Gasteiger partial charge on any atom is -0.227 e. The van der Waals surface area contributed by atoms with Crippen molar-refractivity contribution in [3.05, 3.63) is 121 Å². The zero-order valence-corrected chi connectivity index (χ0v) is 19.7. The van der Waals surface area contributed by atoms with Crippen LogP contribution in [0.15, 0.2) is 121 Å². The van der Waals surface area contributed by atoms with Crippen LogP contribution in [0.5, 0.6) is 0 Å². The van der Waals surface area contributed by atoms with Gasteiger partial charge in [-0.25, -0.2) is 9.97 Å². The first-order valence-electron chi connectivity index (χ1n) is 11.7. The molecule has 35 heavy (non-hydrogen) atoms. The molecule has 0 radical (unpaired) electrons. The van der Waals surface area contributed by atoms with Crippen molar-refractivity contribution in [1.29, 1.82) is 0 Å². The molecular weight excluding hydrogens is 444 g/mol. The van der Waals surface area contributed by atoms with E-state index in [4.69, 9.17) is 9.97 Å². The Morgan fingerprint density at radius 3 is 1.89 bits per heavy atom. The zero-order valence-electron chi connectivity index (χ0n) is 18.8. The maximum Gasteiger partial charge on any atom is 0.161 e. The third kappa shape index (κ3) is 3.49. The van der Waals surface area contributed by atoms with Crippen molar-refractivity contribution >= 4 is 42.4 Å². The van der Waals surface area contributed by atoms with E-state index >= 15 is 0 Å². The monoisotopic (exact) mass is 464 g/mol. The molecule has 0 atom stereocenters. The highest BCUT2D eigenvalue weighted by molar-refractivity contribution is 7.25. The molecule has 2 heterocycles. The van der Waals surface area contributed by atoms with Gasteiger partial charge in [0.2, 0.25) is 0 Å². The van der Waals surface area contributed by atoms with Crippen LogP contribution in [0.1, 0.15) is 0 Å². The summed E-state index contributed by atoms with van der Waals surface area (Å²) >= 11 is 1.74. The second-order valence-electron chi connectivity index (χ2n) is 8.69. The molecular formula is C32H20N2S. The summed E-state index contributed by atoms with van der Waals surface area (Å²) in [5, 5.41) is 4.82. The van der Waals surface area contributed by atoms with Crippen molar-refractivity contribution in [2.75, 3.05) is 0 Å². The number of hydrogen-bond donors (Lipinski definition) is 0. The van der Waals surface area contributed by atoms with E-state index in [0.717, 1.165) is 32.9 Å². The molecule has 0 fully saturated rings. The van der Waals surface area contributed by atoms with E-state index in [-0.39, 0.29) is 0 Å². The second-order valence-corrected chi connectivity index (χ2v) is 9.72. The summed E-state index contributed by atoms with van der Waals surface area (Å²) in [7, 11) is 0. The predicted molar refractivity (Wildman–Crippen MR) is 149 cm³/mol. The lowest BCUT2D eigenvalue weighted by Gasteiger charge is -2.10. The first-order valence-corrected chi connectivity index (χ1v) is 12.5. The smallest absolute Gasteiger partial charge is 0.161 e. The highest BCUT2D eigenvalue weighted by atomic mass is 32.1. The molecule has 3 heteroatoms. The third-order valence-electron chi connectivity index (χ3n) is 6.47. The number of aromatic nitrogens is 2. The van der Waals surface area contributed by atoms with E-state index in [9.17, 15) is 0 Å². The highest BCUT2D eigenvalue weighted by Crippen LogP contribution is 2.41. The quantitative estimate of drug-likeness (QED) is 0.261. The topological polar surface area (TPSA) is 25.8 Å². The van der Waals surface area contributed by atoms with Crippen LogP contribution in [0.3, 0.4) is 0 Å². The van der Waals surface area contributed by atoms with Crippen molar-refractivity contribution in [1.82, 2.24) is 9.97 Å². The Kier molecular flexibility index (Phi) is 4.68. The first kappa shape index (κ1) is 20.1. The van der Waals surface area contributed by atoms with Gasteiger partial charge in [0.05, 0.1) is 5.69 Å². The Labute approximate surface area is 207 Å². The van der Waals surface area contributed by atoms with Crippen LogP contribution in [0.4, 0.5) is 0 Å². The van der Waals surface area contributed by atoms with Crippen molar-refractivity contribution in [3.8, 4) is 33.8 Å². The summed E-state index contributed by atoms with van der Waals surface area (Å²) < 4.78 is 1.23. The van der Waals surface area contributed by atoms with E-state index in [1.54, 1.807) is 11.3 Å². The standard InChI is InChI=1S/C32H20N2S/c1-3-10-21(11-4-1)23-16-9-17-26(18-23)30-29-27-19-24-14-7-8-15-25(24)20-28(27)35-32(29)34-31(33-30)22-12-5-2-6-13-22/h1-20H. The van der Waals surface area contributed by atoms with Gasteiger partial charge in [-0.2, -0.15) is 0 Å². The second kappa shape index (κ2) is 8.15. The lowest BCUT2D eigenvalue weighted by Crippen LogP contribution is -1.93. The van der Waals surface area contributed by atoms with Crippen molar-refractivity contribution in [2.24, 2.45) is 0 Å². The average molecular weight is 465 g/mol. The van der Waals surface area contributed by atoms with Crippen LogP contribution in [-0.4, -0.2) is 9.97 Å². The van der Waals surface area contributed by atoms with Crippen molar-refractivity contribution in [2.45, 2.75) is 0 Å². The van der Waals surface area contributed by atoms with Crippen LogP contribution in [0.2, 0.25) is 0 Å². The Morgan fingerprint density at radius 2 is 1.11 bits per heavy atom. The van der Waals surface area contributed by atoms with Crippen LogP contribution in [0.25, 0.3) is 64.8 Å². The summed E-state index contributed by atoms with van der Waals surface area (Å²) in [5.74, 6) is 0.759. The Balaban J connectivity index is 1.55. The van der Waals surface area contributed by atoms with Crippen LogP contribution in [0, 0.1) is 0 Å². The SMILES string of the molecule is c1ccc(-c2cccc(-c3nc(-c4ccccc4)nc4sc5cc6ccccc6cc5c34)c2)cc1. The molecule has 0 aliphatic heterocycles. The Hall–Kier alpha value is -4.34. The Morgan fingerprint density at radius 1 is 0.486 bits per heavy atom. The van der Waals surface area contributed by atoms with Gasteiger partial charge in [-0.3, -0.25) is 0 Å². The molecule has 5 aromatic carbocycles. The Bertz CT molecular complexity index is 1840. The minimum atomic E-state index is 0.759. The summed E-state index contributed by atoms with van der Waals surface area (Å²) in [5.41, 5.74) is 5.49. The summed E-state index contributed by atoms with van der Waals surface area (Å²) in [6.45, 7) is 0. The summed E-state index contributed by atoms with van der Waals surface area (Å²) in [4.78, 5) is 11.2. The highest BCUT2D eigenvalue weighted by Gasteiger charge is 2.17. The fraction of sp³-hybridized carbons (Fsp3) is 0. The number of thiophene rings is 1. The van der Waals surface area contributed by atoms with E-state index in [0.29, 0.717) is 0 Å². The summed E-state index contributed by atoms with van der Waals surface area (Å²) in [6, 6.07) is 42.6. The molecule has 0 aliphatic carbocycles. The molecule has 0 spiro atoms. The number of hydrogen-bond acceptors (Lipinski definition) is 3. The summed E-state index contributed by atoms with van der Waals surface area (Å²) in [6.07, 6.45) is 0. The van der Waals surface area contributed by atoms with Gasteiger partial charge >= 0.3 is 0 Å². The van der Waals surface area contributed by atoms with Crippen molar-refractivity contribution in [3.63, 3.8) is 0 Å². The van der Waals surface area contributed by atoms with E-state index in [1.165, 1.54) is 32.0 Å². The molecule has 7 aromatic rings. The van der Waals surface area contributed by atoms with Gasteiger partial charge in [0.1, 0.15) is 4.83 Å². The van der Waals surface area contributed by atoms with Crippen LogP contribution in [-0.2, 0) is 0 Å². The van der Waals surface area contributed by atoms with Gasteiger partial charge in [-0.05, 0) is 40.1 Å². The van der Waals surface area contributed by atoms with E-state index in [1.807, 2.05) is 18.2 Å². The molecule has 0 aliphatic rings. The first-order chi connectivity index (χ1) is 17.3. The van der Waals surface area contributed by atoms with Crippen LogP contribution < -0.4 is 0 Å². The molecule has 0 saturated heterocycles. The number of benzene rings is 5. The van der Waals surface area contributed by atoms with Gasteiger partial charge in [0.15, 0.2) is 5.82 Å². The molecule has 164 valence electrons. The number of nitrogens with zero attached hydrogens (tertiary/aromatic N) is 2. The minimum absolute atomic E-state index is 0.759. The van der Waals surface area contributed by atoms with Gasteiger partial charge in [-0.1, -0.05) is 103 Å². The van der Waals surface area contributed by atoms with Crippen LogP contribution >= 0.6 is 11.3 Å². The lowest BCUT2D eigenvalue weighted by atomic mass is 9.99. The lowest BCUT2D eigenvalue weighted by molar-refractivity contribution is 1.24. The maximum absolute atomic E-state index is 5.17. The van der Waals surface area contributed by atoms with E-state index in [2.05, 4.69) is 103 Å². The molecule has 0 unspecified atom stereocenters. The van der Waals surface area contributed by atoms with E-state index < -0.39 is 0 Å². The largest absolute Gasteiger partial charge is 0.227 e. The van der Waals surface area contributed by atoms with Gasteiger partial charge in [0, 0.05) is 26.6 Å². The molecule has 7 rings (SSSR count). The fourth-order valence-corrected chi connectivity index (χ4v) is 5.87.